The number of quaternary nitrogens is 2. The molecule has 0 saturated carbocycles. The van der Waals surface area contributed by atoms with E-state index in [4.69, 9.17) is 33.4 Å². The Labute approximate surface area is 70.3 Å². The SMILES string of the molecule is O=S(=O)([O-])[O-].[NH4+].[NH4+].[O]=[Cr](=[O])([OH])[OH]. The van der Waals surface area contributed by atoms with Crippen molar-refractivity contribution in [3.63, 3.8) is 0 Å². The summed E-state index contributed by atoms with van der Waals surface area (Å²) in [4.78, 5) is 0. The predicted octanol–water partition coefficient (Wildman–Crippen LogP) is -1.94. The van der Waals surface area contributed by atoms with Crippen LogP contribution in [0.1, 0.15) is 0 Å². The Morgan fingerprint density at radius 3 is 1.00 bits per heavy atom. The molecule has 0 rings (SSSR count). The molecule has 0 aromatic heterocycles. The molecule has 0 bridgehead atoms. The first-order valence-electron chi connectivity index (χ1n) is 1.37. The van der Waals surface area contributed by atoms with Crippen molar-refractivity contribution in [2.45, 2.75) is 0 Å². The van der Waals surface area contributed by atoms with Crippen LogP contribution in [0.4, 0.5) is 0 Å². The first kappa shape index (κ1) is 22.6. The average Bonchev–Trinajstić information content (AvgIpc) is 1.12. The van der Waals surface area contributed by atoms with Crippen LogP contribution in [0.15, 0.2) is 0 Å². The summed E-state index contributed by atoms with van der Waals surface area (Å²) in [6.07, 6.45) is 0. The summed E-state index contributed by atoms with van der Waals surface area (Å²) in [5.74, 6) is 0. The van der Waals surface area contributed by atoms with Gasteiger partial charge in [-0.05, 0) is 0 Å². The van der Waals surface area contributed by atoms with Gasteiger partial charge in [0.15, 0.2) is 0 Å². The van der Waals surface area contributed by atoms with Crippen LogP contribution < -0.4 is 12.3 Å². The molecule has 10 N–H and O–H groups in total. The fraction of sp³-hybridized carbons (Fsp3) is 0. The summed E-state index contributed by atoms with van der Waals surface area (Å²) >= 11 is -5.25. The third-order valence-electron chi connectivity index (χ3n) is 0. The molecule has 0 heterocycles. The molecule has 0 fully saturated rings. The maximum atomic E-state index is 8.82. The summed E-state index contributed by atoms with van der Waals surface area (Å²) in [5.41, 5.74) is 0. The first-order chi connectivity index (χ1) is 4.00. The normalized spacial score (nSPS) is 9.67. The molecule has 0 unspecified atom stereocenters. The summed E-state index contributed by atoms with van der Waals surface area (Å²) in [6.45, 7) is 0. The molecule has 12 heavy (non-hydrogen) atoms. The van der Waals surface area contributed by atoms with Crippen molar-refractivity contribution in [1.82, 2.24) is 12.3 Å². The Balaban J connectivity index is -0.0000000457. The maximum absolute atomic E-state index is 8.82. The fourth-order valence-electron chi connectivity index (χ4n) is 0. The van der Waals surface area contributed by atoms with Gasteiger partial charge in [0.25, 0.3) is 0 Å². The van der Waals surface area contributed by atoms with Gasteiger partial charge < -0.3 is 21.4 Å². The molecule has 80 valence electrons. The van der Waals surface area contributed by atoms with E-state index in [9.17, 15) is 0 Å². The predicted molar refractivity (Wildman–Crippen MR) is 28.3 cm³/mol. The molecule has 12 heteroatoms. The Morgan fingerprint density at radius 1 is 1.00 bits per heavy atom. The van der Waals surface area contributed by atoms with Crippen LogP contribution >= 0.6 is 0 Å². The molecule has 10 nitrogen and oxygen atoms in total. The second-order valence-electron chi connectivity index (χ2n) is 0.856. The monoisotopic (exact) mass is 250 g/mol. The zero-order chi connectivity index (χ0) is 9.00. The second-order valence-corrected chi connectivity index (χ2v) is 3.07. The summed E-state index contributed by atoms with van der Waals surface area (Å²) < 4.78 is 66.0. The quantitative estimate of drug-likeness (QED) is 0.278. The van der Waals surface area contributed by atoms with Gasteiger partial charge in [0.05, 0.1) is 0 Å². The number of rotatable bonds is 0. The van der Waals surface area contributed by atoms with E-state index < -0.39 is 24.0 Å². The van der Waals surface area contributed by atoms with E-state index in [0.717, 1.165) is 0 Å². The standard InChI is InChI=1S/Cr.2H3N.H2O4S.2H2O.2O/c;;;1-5(2,3)4;;;;/h;2*1H3;(H2,1,2,3,4);2*1H2;;/q+2;;;;;;;/p-2. The van der Waals surface area contributed by atoms with E-state index in [1.807, 2.05) is 0 Å². The summed E-state index contributed by atoms with van der Waals surface area (Å²) in [5, 5.41) is 0. The number of hydrogen-bond donors (Lipinski definition) is 4. The van der Waals surface area contributed by atoms with Crippen molar-refractivity contribution in [2.24, 2.45) is 0 Å². The topological polar surface area (TPSA) is 228 Å². The van der Waals surface area contributed by atoms with Crippen LogP contribution in [0.3, 0.4) is 0 Å². The first-order valence-corrected chi connectivity index (χ1v) is 4.88. The van der Waals surface area contributed by atoms with Gasteiger partial charge in [0.1, 0.15) is 0 Å². The Hall–Kier alpha value is -0.158. The number of hydrogen-bond acceptors (Lipinski definition) is 6. The molecule has 0 aliphatic heterocycles. The molecule has 0 saturated heterocycles. The van der Waals surface area contributed by atoms with Crippen molar-refractivity contribution in [2.75, 3.05) is 0 Å². The van der Waals surface area contributed by atoms with Gasteiger partial charge in [0, 0.05) is 10.4 Å². The van der Waals surface area contributed by atoms with Crippen LogP contribution in [-0.2, 0) is 31.6 Å². The Bertz CT molecular complexity index is 213. The van der Waals surface area contributed by atoms with E-state index in [0.29, 0.717) is 0 Å². The molecule has 0 spiro atoms. The van der Waals surface area contributed by atoms with Crippen molar-refractivity contribution in [3.05, 3.63) is 0 Å². The minimum absolute atomic E-state index is 0. The van der Waals surface area contributed by atoms with Crippen LogP contribution in [0, 0.1) is 0 Å². The van der Waals surface area contributed by atoms with E-state index in [2.05, 4.69) is 0 Å². The third-order valence-corrected chi connectivity index (χ3v) is 0. The van der Waals surface area contributed by atoms with E-state index in [1.54, 1.807) is 0 Å². The molecule has 0 amide bonds. The van der Waals surface area contributed by atoms with Gasteiger partial charge in [-0.25, -0.2) is 0 Å². The zero-order valence-electron chi connectivity index (χ0n) is 6.16. The average molecular weight is 250 g/mol. The molecular weight excluding hydrogens is 240 g/mol. The molecule has 0 aliphatic rings. The van der Waals surface area contributed by atoms with Gasteiger partial charge in [-0.2, -0.15) is 0 Å². The molecule has 0 atom stereocenters. The fourth-order valence-corrected chi connectivity index (χ4v) is 0. The molecule has 0 aliphatic carbocycles. The minimum atomic E-state index is -5.25. The van der Waals surface area contributed by atoms with Gasteiger partial charge in [-0.1, -0.05) is 0 Å². The Kier molecular flexibility index (Phi) is 14.1. The van der Waals surface area contributed by atoms with Crippen molar-refractivity contribution < 1.29 is 47.1 Å². The van der Waals surface area contributed by atoms with Gasteiger partial charge in [-0.15, -0.1) is 0 Å². The summed E-state index contributed by atoms with van der Waals surface area (Å²) in [7, 11) is -5.17. The van der Waals surface area contributed by atoms with Crippen LogP contribution in [0.5, 0.6) is 0 Å². The van der Waals surface area contributed by atoms with E-state index in [1.165, 1.54) is 0 Å². The van der Waals surface area contributed by atoms with Crippen molar-refractivity contribution >= 4 is 10.4 Å². The van der Waals surface area contributed by atoms with Crippen molar-refractivity contribution in [3.8, 4) is 0 Å². The molecule has 0 radical (unpaired) electrons. The van der Waals surface area contributed by atoms with E-state index >= 15 is 0 Å². The summed E-state index contributed by atoms with van der Waals surface area (Å²) in [6, 6.07) is 0. The van der Waals surface area contributed by atoms with Gasteiger partial charge in [-0.3, -0.25) is 8.42 Å². The molecule has 0 aromatic carbocycles. The zero-order valence-corrected chi connectivity index (χ0v) is 8.25. The van der Waals surface area contributed by atoms with Gasteiger partial charge in [0.2, 0.25) is 0 Å². The van der Waals surface area contributed by atoms with E-state index in [-0.39, 0.29) is 12.3 Å². The molecular formula is H10CrN2O8S. The van der Waals surface area contributed by atoms with Crippen LogP contribution in [0.2, 0.25) is 0 Å². The van der Waals surface area contributed by atoms with Gasteiger partial charge >= 0.3 is 29.5 Å². The molecule has 0 aromatic rings. The van der Waals surface area contributed by atoms with Crippen molar-refractivity contribution in [1.29, 1.82) is 0 Å². The van der Waals surface area contributed by atoms with Crippen LogP contribution in [0.25, 0.3) is 0 Å². The second kappa shape index (κ2) is 7.49. The van der Waals surface area contributed by atoms with Crippen LogP contribution in [-0.4, -0.2) is 25.8 Å². The third kappa shape index (κ3) is 31000. The Morgan fingerprint density at radius 2 is 1.00 bits per heavy atom.